The van der Waals surface area contributed by atoms with Crippen molar-refractivity contribution >= 4 is 11.8 Å². The Morgan fingerprint density at radius 2 is 1.75 bits per heavy atom. The van der Waals surface area contributed by atoms with Crippen molar-refractivity contribution in [2.75, 3.05) is 13.1 Å². The van der Waals surface area contributed by atoms with Crippen LogP contribution in [-0.4, -0.2) is 52.2 Å². The van der Waals surface area contributed by atoms with Crippen LogP contribution < -0.4 is 5.73 Å². The number of nitrogens with zero attached hydrogens (tertiary/aromatic N) is 1. The molecule has 4 N–H and O–H groups in total. The number of β-amino-alcohol motifs (C(OH)–C–C–N with tert-alkyl or cyclic N) is 2. The van der Waals surface area contributed by atoms with Crippen molar-refractivity contribution in [2.24, 2.45) is 11.7 Å². The molecule has 0 saturated carbocycles. The fourth-order valence-electron chi connectivity index (χ4n) is 2.33. The van der Waals surface area contributed by atoms with E-state index in [1.54, 1.807) is 0 Å². The smallest absolute Gasteiger partial charge is 0.235 e. The lowest BCUT2D eigenvalue weighted by atomic mass is 9.97. The van der Waals surface area contributed by atoms with Crippen molar-refractivity contribution in [2.45, 2.75) is 18.6 Å². The van der Waals surface area contributed by atoms with Crippen molar-refractivity contribution in [1.82, 2.24) is 4.90 Å². The summed E-state index contributed by atoms with van der Waals surface area (Å²) in [5.41, 5.74) is 6.15. The van der Waals surface area contributed by atoms with Crippen LogP contribution in [0.1, 0.15) is 5.56 Å². The zero-order valence-corrected chi connectivity index (χ0v) is 11.0. The van der Waals surface area contributed by atoms with Crippen LogP contribution in [0.2, 0.25) is 0 Å². The largest absolute Gasteiger partial charge is 0.388 e. The number of carbonyl (C=O) groups is 2. The highest BCUT2D eigenvalue weighted by molar-refractivity contribution is 6.00. The Hall–Kier alpha value is -1.92. The monoisotopic (exact) mass is 278 g/mol. The van der Waals surface area contributed by atoms with Crippen LogP contribution in [0.25, 0.3) is 0 Å². The number of carbonyl (C=O) groups excluding carboxylic acids is 2. The van der Waals surface area contributed by atoms with Crippen molar-refractivity contribution in [3.8, 4) is 0 Å². The molecule has 1 fully saturated rings. The van der Waals surface area contributed by atoms with E-state index in [-0.39, 0.29) is 19.5 Å². The average molecular weight is 278 g/mol. The van der Waals surface area contributed by atoms with E-state index >= 15 is 0 Å². The van der Waals surface area contributed by atoms with Crippen LogP contribution in [0, 0.1) is 5.92 Å². The summed E-state index contributed by atoms with van der Waals surface area (Å²) in [7, 11) is 0. The zero-order valence-electron chi connectivity index (χ0n) is 11.0. The number of benzene rings is 1. The standard InChI is InChI=1S/C14H18N2O4/c15-13(19)10(6-9-4-2-1-3-5-9)14(20)16-7-11(17)12(18)8-16/h1-5,10-12,17-18H,6-8H2,(H2,15,19)/t10-,11-,12+/m1/s1. The number of hydrogen-bond acceptors (Lipinski definition) is 4. The van der Waals surface area contributed by atoms with Crippen molar-refractivity contribution < 1.29 is 19.8 Å². The molecule has 2 amide bonds. The van der Waals surface area contributed by atoms with Crippen LogP contribution in [0.3, 0.4) is 0 Å². The van der Waals surface area contributed by atoms with E-state index in [0.717, 1.165) is 5.56 Å². The lowest BCUT2D eigenvalue weighted by molar-refractivity contribution is -0.140. The molecule has 1 aliphatic heterocycles. The van der Waals surface area contributed by atoms with Gasteiger partial charge in [-0.05, 0) is 12.0 Å². The fraction of sp³-hybridized carbons (Fsp3) is 0.429. The fourth-order valence-corrected chi connectivity index (χ4v) is 2.33. The molecule has 1 aliphatic rings. The third-order valence-electron chi connectivity index (χ3n) is 3.49. The molecule has 1 aromatic carbocycles. The first kappa shape index (κ1) is 14.5. The van der Waals surface area contributed by atoms with E-state index in [1.807, 2.05) is 30.3 Å². The SMILES string of the molecule is NC(=O)[C@@H](Cc1ccccc1)C(=O)N1C[C@@H](O)[C@@H](O)C1. The molecule has 0 unspecified atom stereocenters. The van der Waals surface area contributed by atoms with Crippen LogP contribution in [0.4, 0.5) is 0 Å². The molecule has 0 spiro atoms. The lowest BCUT2D eigenvalue weighted by Gasteiger charge is -2.21. The molecule has 6 heteroatoms. The summed E-state index contributed by atoms with van der Waals surface area (Å²) in [5, 5.41) is 18.9. The van der Waals surface area contributed by atoms with Gasteiger partial charge in [0.05, 0.1) is 12.2 Å². The quantitative estimate of drug-likeness (QED) is 0.608. The molecule has 1 aromatic rings. The first-order valence-corrected chi connectivity index (χ1v) is 6.47. The summed E-state index contributed by atoms with van der Waals surface area (Å²) in [6.07, 6.45) is -1.72. The van der Waals surface area contributed by atoms with Crippen molar-refractivity contribution in [1.29, 1.82) is 0 Å². The highest BCUT2D eigenvalue weighted by Crippen LogP contribution is 2.17. The summed E-state index contributed by atoms with van der Waals surface area (Å²) in [6, 6.07) is 9.12. The van der Waals surface area contributed by atoms with Gasteiger partial charge >= 0.3 is 0 Å². The van der Waals surface area contributed by atoms with E-state index in [0.29, 0.717) is 0 Å². The molecule has 1 saturated heterocycles. The number of aliphatic hydroxyl groups excluding tert-OH is 2. The Morgan fingerprint density at radius 1 is 1.20 bits per heavy atom. The van der Waals surface area contributed by atoms with Crippen molar-refractivity contribution in [3.05, 3.63) is 35.9 Å². The van der Waals surface area contributed by atoms with Gasteiger partial charge in [-0.2, -0.15) is 0 Å². The van der Waals surface area contributed by atoms with Gasteiger partial charge in [0, 0.05) is 13.1 Å². The van der Waals surface area contributed by atoms with E-state index in [2.05, 4.69) is 0 Å². The van der Waals surface area contributed by atoms with E-state index in [1.165, 1.54) is 4.90 Å². The zero-order chi connectivity index (χ0) is 14.7. The molecule has 108 valence electrons. The molecule has 0 bridgehead atoms. The highest BCUT2D eigenvalue weighted by atomic mass is 16.3. The minimum Gasteiger partial charge on any atom is -0.388 e. The number of nitrogens with two attached hydrogens (primary N) is 1. The van der Waals surface area contributed by atoms with Gasteiger partial charge in [0.15, 0.2) is 0 Å². The number of hydrogen-bond donors (Lipinski definition) is 3. The molecule has 1 heterocycles. The van der Waals surface area contributed by atoms with Crippen LogP contribution in [-0.2, 0) is 16.0 Å². The Labute approximate surface area is 116 Å². The molecular weight excluding hydrogens is 260 g/mol. The summed E-state index contributed by atoms with van der Waals surface area (Å²) in [5.74, 6) is -2.12. The number of primary amides is 1. The first-order chi connectivity index (χ1) is 9.49. The van der Waals surface area contributed by atoms with Crippen LogP contribution in [0.15, 0.2) is 30.3 Å². The Morgan fingerprint density at radius 3 is 2.25 bits per heavy atom. The van der Waals surface area contributed by atoms with Gasteiger partial charge in [-0.25, -0.2) is 0 Å². The first-order valence-electron chi connectivity index (χ1n) is 6.47. The van der Waals surface area contributed by atoms with Gasteiger partial charge < -0.3 is 20.8 Å². The number of amides is 2. The van der Waals surface area contributed by atoms with Gasteiger partial charge in [-0.1, -0.05) is 30.3 Å². The highest BCUT2D eigenvalue weighted by Gasteiger charge is 2.37. The summed E-state index contributed by atoms with van der Waals surface area (Å²) >= 11 is 0. The molecule has 3 atom stereocenters. The Kier molecular flexibility index (Phi) is 4.36. The third kappa shape index (κ3) is 3.15. The predicted octanol–water partition coefficient (Wildman–Crippen LogP) is -1.11. The van der Waals surface area contributed by atoms with Crippen molar-refractivity contribution in [3.63, 3.8) is 0 Å². The average Bonchev–Trinajstić information content (AvgIpc) is 2.76. The molecule has 2 rings (SSSR count). The maximum absolute atomic E-state index is 12.3. The summed E-state index contributed by atoms with van der Waals surface area (Å²) < 4.78 is 0. The van der Waals surface area contributed by atoms with Gasteiger partial charge in [0.25, 0.3) is 0 Å². The van der Waals surface area contributed by atoms with Gasteiger partial charge in [-0.15, -0.1) is 0 Å². The van der Waals surface area contributed by atoms with E-state index < -0.39 is 29.9 Å². The normalized spacial score (nSPS) is 23.6. The van der Waals surface area contributed by atoms with Gasteiger partial charge in [0.1, 0.15) is 5.92 Å². The molecule has 20 heavy (non-hydrogen) atoms. The minimum atomic E-state index is -0.977. The molecule has 0 aromatic heterocycles. The second-order valence-corrected chi connectivity index (χ2v) is 5.02. The molecule has 6 nitrogen and oxygen atoms in total. The third-order valence-corrected chi connectivity index (χ3v) is 3.49. The Balaban J connectivity index is 2.09. The summed E-state index contributed by atoms with van der Waals surface area (Å²) in [6.45, 7) is 0.0527. The number of aliphatic hydroxyl groups is 2. The molecular formula is C14H18N2O4. The predicted molar refractivity (Wildman–Crippen MR) is 71.4 cm³/mol. The molecule has 0 aliphatic carbocycles. The summed E-state index contributed by atoms with van der Waals surface area (Å²) in [4.78, 5) is 25.1. The van der Waals surface area contributed by atoms with Crippen LogP contribution in [0.5, 0.6) is 0 Å². The molecule has 0 radical (unpaired) electrons. The van der Waals surface area contributed by atoms with Gasteiger partial charge in [-0.3, -0.25) is 9.59 Å². The lowest BCUT2D eigenvalue weighted by Crippen LogP contribution is -2.42. The van der Waals surface area contributed by atoms with Crippen LogP contribution >= 0.6 is 0 Å². The Bertz CT molecular complexity index is 481. The maximum atomic E-state index is 12.3. The maximum Gasteiger partial charge on any atom is 0.235 e. The van der Waals surface area contributed by atoms with E-state index in [4.69, 9.17) is 5.73 Å². The second-order valence-electron chi connectivity index (χ2n) is 5.02. The van der Waals surface area contributed by atoms with E-state index in [9.17, 15) is 19.8 Å². The number of rotatable bonds is 4. The second kappa shape index (κ2) is 6.02. The topological polar surface area (TPSA) is 104 Å². The minimum absolute atomic E-state index is 0.0264. The van der Waals surface area contributed by atoms with Gasteiger partial charge in [0.2, 0.25) is 11.8 Å². The number of likely N-dealkylation sites (tertiary alicyclic amines) is 1.